The second kappa shape index (κ2) is 11.0. The van der Waals surface area contributed by atoms with E-state index in [1.54, 1.807) is 6.21 Å². The van der Waals surface area contributed by atoms with Crippen molar-refractivity contribution in [1.82, 2.24) is 0 Å². The van der Waals surface area contributed by atoms with E-state index in [1.165, 1.54) is 32.1 Å². The van der Waals surface area contributed by atoms with Gasteiger partial charge in [-0.2, -0.15) is 0 Å². The molecule has 0 spiro atoms. The second-order valence-electron chi connectivity index (χ2n) is 6.24. The van der Waals surface area contributed by atoms with Crippen molar-refractivity contribution in [2.45, 2.75) is 44.9 Å². The van der Waals surface area contributed by atoms with E-state index < -0.39 is 17.0 Å². The average molecular weight is 412 g/mol. The first-order chi connectivity index (χ1) is 12.2. The zero-order chi connectivity index (χ0) is 18.1. The summed E-state index contributed by atoms with van der Waals surface area (Å²) >= 11 is -0.556. The van der Waals surface area contributed by atoms with Crippen molar-refractivity contribution in [3.8, 4) is 5.75 Å². The molecule has 0 heterocycles. The van der Waals surface area contributed by atoms with Crippen molar-refractivity contribution in [1.29, 1.82) is 0 Å². The number of halogens is 2. The Morgan fingerprint density at radius 3 is 2.40 bits per heavy atom. The van der Waals surface area contributed by atoms with Crippen LogP contribution in [0, 0.1) is 6.92 Å². The fourth-order valence-electron chi connectivity index (χ4n) is 3.27. The second-order valence-corrected chi connectivity index (χ2v) is 8.82. The zero-order valence-electron chi connectivity index (χ0n) is 14.4. The third-order valence-corrected chi connectivity index (χ3v) is 4.60. The van der Waals surface area contributed by atoms with Gasteiger partial charge >= 0.3 is 35.6 Å². The molecule has 1 fully saturated rings. The van der Waals surface area contributed by atoms with Crippen LogP contribution >= 0.6 is 18.6 Å². The molecule has 132 valence electrons. The molecule has 1 N–H and O–H groups in total. The fourth-order valence-corrected chi connectivity index (χ4v) is 3.27. The van der Waals surface area contributed by atoms with Gasteiger partial charge in [-0.3, -0.25) is 4.99 Å². The van der Waals surface area contributed by atoms with E-state index >= 15 is 0 Å². The number of aryl methyl sites for hydroxylation is 1. The molecule has 0 atom stereocenters. The number of phenols is 1. The Morgan fingerprint density at radius 2 is 1.72 bits per heavy atom. The number of hydrogen-bond donors (Lipinski definition) is 1. The van der Waals surface area contributed by atoms with E-state index in [9.17, 15) is 5.11 Å². The minimum atomic E-state index is -0.556. The van der Waals surface area contributed by atoms with Crippen molar-refractivity contribution < 1.29 is 22.1 Å². The van der Waals surface area contributed by atoms with Crippen molar-refractivity contribution in [2.24, 2.45) is 4.99 Å². The van der Waals surface area contributed by atoms with E-state index in [2.05, 4.69) is 11.1 Å². The molecule has 1 aliphatic carbocycles. The van der Waals surface area contributed by atoms with Crippen LogP contribution in [0.2, 0.25) is 0 Å². The monoisotopic (exact) mass is 411 g/mol. The van der Waals surface area contributed by atoms with Gasteiger partial charge in [-0.25, -0.2) is 0 Å². The molecule has 1 aliphatic rings. The van der Waals surface area contributed by atoms with Gasteiger partial charge in [0.25, 0.3) is 0 Å². The maximum absolute atomic E-state index is 10.6. The molecular weight excluding hydrogens is 389 g/mol. The van der Waals surface area contributed by atoms with E-state index in [0.29, 0.717) is 11.7 Å². The van der Waals surface area contributed by atoms with Crippen molar-refractivity contribution in [3.05, 3.63) is 59.2 Å². The van der Waals surface area contributed by atoms with Gasteiger partial charge in [-0.15, -0.1) is 0 Å². The van der Waals surface area contributed by atoms with Crippen LogP contribution in [0.25, 0.3) is 0 Å². The number of aliphatic imine (C=N–C) groups is 1. The summed E-state index contributed by atoms with van der Waals surface area (Å²) in [6.07, 6.45) is 8.02. The normalized spacial score (nSPS) is 14.8. The summed E-state index contributed by atoms with van der Waals surface area (Å²) < 4.78 is 0. The fraction of sp³-hybridized carbons (Fsp3) is 0.350. The van der Waals surface area contributed by atoms with Crippen molar-refractivity contribution in [2.75, 3.05) is 0 Å². The summed E-state index contributed by atoms with van der Waals surface area (Å²) in [5.41, 5.74) is 3.99. The molecule has 2 aromatic carbocycles. The van der Waals surface area contributed by atoms with Gasteiger partial charge in [0.2, 0.25) is 0 Å². The first-order valence-electron chi connectivity index (χ1n) is 8.55. The molecule has 3 rings (SSSR count). The zero-order valence-corrected chi connectivity index (χ0v) is 17.5. The Hall–Kier alpha value is -0.796. The van der Waals surface area contributed by atoms with E-state index in [0.717, 1.165) is 22.4 Å². The molecule has 0 saturated heterocycles. The van der Waals surface area contributed by atoms with Gasteiger partial charge in [0.05, 0.1) is 5.69 Å². The summed E-state index contributed by atoms with van der Waals surface area (Å²) in [6.45, 7) is 2.05. The van der Waals surface area contributed by atoms with Gasteiger partial charge in [0.1, 0.15) is 5.75 Å². The molecule has 0 aromatic heterocycles. The Labute approximate surface area is 167 Å². The van der Waals surface area contributed by atoms with E-state index in [4.69, 9.17) is 18.6 Å². The molecule has 2 aromatic rings. The summed E-state index contributed by atoms with van der Waals surface area (Å²) in [5.74, 6) is 0.910. The molecule has 0 radical (unpaired) electrons. The summed E-state index contributed by atoms with van der Waals surface area (Å²) in [7, 11) is 9.78. The molecule has 1 saturated carbocycles. The van der Waals surface area contributed by atoms with Crippen LogP contribution in [-0.4, -0.2) is 11.3 Å². The molecule has 0 amide bonds. The third kappa shape index (κ3) is 6.15. The number of para-hydroxylation sites is 2. The van der Waals surface area contributed by atoms with Crippen LogP contribution in [0.1, 0.15) is 54.7 Å². The van der Waals surface area contributed by atoms with Crippen LogP contribution in [0.4, 0.5) is 5.69 Å². The number of phenolic OH excluding ortho intramolecular Hbond substituents is 1. The Bertz CT molecular complexity index is 700. The van der Waals surface area contributed by atoms with Gasteiger partial charge < -0.3 is 5.11 Å². The average Bonchev–Trinajstić information content (AvgIpc) is 2.63. The van der Waals surface area contributed by atoms with Crippen LogP contribution in [-0.2, 0) is 17.0 Å². The SMILES string of the molecule is Cc1ccccc1N=Cc1cccc(C2CCCCC2)c1O.[Cl][Ti][Cl]. The molecule has 5 heteroatoms. The number of benzene rings is 2. The Morgan fingerprint density at radius 1 is 1.04 bits per heavy atom. The summed E-state index contributed by atoms with van der Waals surface area (Å²) in [5, 5.41) is 10.6. The molecule has 0 aliphatic heterocycles. The third-order valence-electron chi connectivity index (χ3n) is 4.60. The minimum absolute atomic E-state index is 0.409. The summed E-state index contributed by atoms with van der Waals surface area (Å²) in [4.78, 5) is 4.54. The van der Waals surface area contributed by atoms with Crippen molar-refractivity contribution >= 4 is 30.5 Å². The van der Waals surface area contributed by atoms with Gasteiger partial charge in [0, 0.05) is 11.8 Å². The number of hydrogen-bond acceptors (Lipinski definition) is 2. The summed E-state index contributed by atoms with van der Waals surface area (Å²) in [6, 6.07) is 14.1. The Kier molecular flexibility index (Phi) is 9.05. The van der Waals surface area contributed by atoms with Gasteiger partial charge in [-0.1, -0.05) is 49.6 Å². The topological polar surface area (TPSA) is 32.6 Å². The van der Waals surface area contributed by atoms with Crippen LogP contribution in [0.5, 0.6) is 5.75 Å². The quantitative estimate of drug-likeness (QED) is 0.433. The predicted octanol–water partition coefficient (Wildman–Crippen LogP) is 6.88. The van der Waals surface area contributed by atoms with E-state index in [-0.39, 0.29) is 0 Å². The number of rotatable bonds is 3. The van der Waals surface area contributed by atoms with E-state index in [1.807, 2.05) is 43.3 Å². The van der Waals surface area contributed by atoms with Crippen LogP contribution < -0.4 is 0 Å². The Balaban J connectivity index is 0.000000701. The first kappa shape index (κ1) is 20.5. The molecule has 2 nitrogen and oxygen atoms in total. The van der Waals surface area contributed by atoms with Gasteiger partial charge in [-0.05, 0) is 48.9 Å². The predicted molar refractivity (Wildman–Crippen MR) is 104 cm³/mol. The molecule has 0 unspecified atom stereocenters. The number of aromatic hydroxyl groups is 1. The first-order valence-corrected chi connectivity index (χ1v) is 12.8. The van der Waals surface area contributed by atoms with Gasteiger partial charge in [0.15, 0.2) is 0 Å². The maximum atomic E-state index is 10.6. The number of nitrogens with zero attached hydrogens (tertiary/aromatic N) is 1. The molecule has 25 heavy (non-hydrogen) atoms. The van der Waals surface area contributed by atoms with Crippen molar-refractivity contribution in [3.63, 3.8) is 0 Å². The van der Waals surface area contributed by atoms with Crippen LogP contribution in [0.3, 0.4) is 0 Å². The standard InChI is InChI=1S/C20H23NO.2ClH.Ti/c1-15-8-5-6-13-19(15)21-14-17-11-7-12-18(20(17)22)16-9-3-2-4-10-16;;;/h5-8,11-14,16,22H,2-4,9-10H2,1H3;2*1H;/q;;;+2/p-2. The molecular formula is C20H23Cl2NOTi. The van der Waals surface area contributed by atoms with Crippen LogP contribution in [0.15, 0.2) is 47.5 Å². The molecule has 0 bridgehead atoms.